The Morgan fingerprint density at radius 1 is 1.38 bits per heavy atom. The van der Waals surface area contributed by atoms with Crippen LogP contribution < -0.4 is 10.5 Å². The zero-order valence-electron chi connectivity index (χ0n) is 12.3. The Hall–Kier alpha value is -1.59. The monoisotopic (exact) mass is 290 g/mol. The maximum Gasteiger partial charge on any atom is 0.220 e. The second-order valence-corrected chi connectivity index (χ2v) is 6.03. The summed E-state index contributed by atoms with van der Waals surface area (Å²) in [5.74, 6) is 0.571. The fourth-order valence-corrected chi connectivity index (χ4v) is 3.39. The summed E-state index contributed by atoms with van der Waals surface area (Å²) in [7, 11) is 0. The Morgan fingerprint density at radius 2 is 2.10 bits per heavy atom. The number of benzene rings is 1. The van der Waals surface area contributed by atoms with Crippen molar-refractivity contribution < 1.29 is 14.6 Å². The summed E-state index contributed by atoms with van der Waals surface area (Å²) in [4.78, 5) is 13.5. The number of ether oxygens (including phenoxy) is 1. The Morgan fingerprint density at radius 3 is 2.76 bits per heavy atom. The van der Waals surface area contributed by atoms with E-state index in [0.29, 0.717) is 6.61 Å². The van der Waals surface area contributed by atoms with Gasteiger partial charge in [0.15, 0.2) is 0 Å². The molecule has 5 nitrogen and oxygen atoms in total. The molecule has 5 heteroatoms. The first-order valence-corrected chi connectivity index (χ1v) is 7.51. The maximum atomic E-state index is 11.2. The predicted octanol–water partition coefficient (Wildman–Crippen LogP) is 0.987. The van der Waals surface area contributed by atoms with Crippen LogP contribution in [0.2, 0.25) is 0 Å². The molecule has 2 unspecified atom stereocenters. The molecule has 0 aliphatic carbocycles. The van der Waals surface area contributed by atoms with E-state index in [1.54, 1.807) is 0 Å². The fraction of sp³-hybridized carbons (Fsp3) is 0.562. The van der Waals surface area contributed by atoms with Crippen molar-refractivity contribution >= 4 is 5.91 Å². The number of rotatable bonds is 2. The molecule has 2 aliphatic rings. The lowest BCUT2D eigenvalue weighted by molar-refractivity contribution is -0.123. The predicted molar refractivity (Wildman–Crippen MR) is 78.9 cm³/mol. The van der Waals surface area contributed by atoms with Crippen LogP contribution in [0.15, 0.2) is 18.2 Å². The van der Waals surface area contributed by atoms with Gasteiger partial charge in [-0.1, -0.05) is 18.2 Å². The lowest BCUT2D eigenvalue weighted by Gasteiger charge is -2.41. The van der Waals surface area contributed by atoms with Gasteiger partial charge in [0.2, 0.25) is 5.91 Å². The van der Waals surface area contributed by atoms with E-state index in [4.69, 9.17) is 10.5 Å². The molecule has 3 rings (SSSR count). The molecule has 0 bridgehead atoms. The number of piperidine rings is 1. The number of nitrogens with two attached hydrogens (primary N) is 1. The quantitative estimate of drug-likeness (QED) is 0.851. The van der Waals surface area contributed by atoms with Crippen molar-refractivity contribution in [3.8, 4) is 5.75 Å². The highest BCUT2D eigenvalue weighted by molar-refractivity contribution is 5.76. The van der Waals surface area contributed by atoms with Crippen LogP contribution in [0.5, 0.6) is 5.75 Å². The molecule has 0 aromatic heterocycles. The summed E-state index contributed by atoms with van der Waals surface area (Å²) >= 11 is 0. The molecule has 2 atom stereocenters. The van der Waals surface area contributed by atoms with E-state index < -0.39 is 6.10 Å². The number of hydrogen-bond donors (Lipinski definition) is 2. The topological polar surface area (TPSA) is 75.8 Å². The SMILES string of the molecule is Cc1cccc2c1OCC(N1CCC(C(N)=O)CC1)C2O. The van der Waals surface area contributed by atoms with E-state index in [-0.39, 0.29) is 17.9 Å². The highest BCUT2D eigenvalue weighted by atomic mass is 16.5. The normalized spacial score (nSPS) is 27.0. The van der Waals surface area contributed by atoms with Gasteiger partial charge in [-0.25, -0.2) is 0 Å². The molecule has 3 N–H and O–H groups in total. The van der Waals surface area contributed by atoms with Crippen LogP contribution >= 0.6 is 0 Å². The van der Waals surface area contributed by atoms with Gasteiger partial charge in [0.05, 0.1) is 6.04 Å². The number of para-hydroxylation sites is 1. The Bertz CT molecular complexity index is 538. The third-order valence-electron chi connectivity index (χ3n) is 4.72. The van der Waals surface area contributed by atoms with Gasteiger partial charge in [0.25, 0.3) is 0 Å². The summed E-state index contributed by atoms with van der Waals surface area (Å²) in [5.41, 5.74) is 7.28. The minimum atomic E-state index is -0.543. The molecule has 0 saturated carbocycles. The standard InChI is InChI=1S/C16H22N2O3/c1-10-3-2-4-12-14(19)13(9-21-15(10)12)18-7-5-11(6-8-18)16(17)20/h2-4,11,13-14,19H,5-9H2,1H3,(H2,17,20). The third-order valence-corrected chi connectivity index (χ3v) is 4.72. The molecule has 2 heterocycles. The van der Waals surface area contributed by atoms with Gasteiger partial charge >= 0.3 is 0 Å². The number of aliphatic hydroxyl groups excluding tert-OH is 1. The van der Waals surface area contributed by atoms with Gasteiger partial charge in [0, 0.05) is 11.5 Å². The lowest BCUT2D eigenvalue weighted by Crippen LogP contribution is -2.50. The molecule has 1 fully saturated rings. The third kappa shape index (κ3) is 2.63. The summed E-state index contributed by atoms with van der Waals surface area (Å²) in [6, 6.07) is 5.82. The molecule has 1 aromatic carbocycles. The first-order valence-electron chi connectivity index (χ1n) is 7.51. The molecule has 21 heavy (non-hydrogen) atoms. The van der Waals surface area contributed by atoms with E-state index in [1.165, 1.54) is 0 Å². The molecular weight excluding hydrogens is 268 g/mol. The Balaban J connectivity index is 1.73. The van der Waals surface area contributed by atoms with Gasteiger partial charge in [-0.2, -0.15) is 0 Å². The number of carbonyl (C=O) groups excluding carboxylic acids is 1. The number of aryl methyl sites for hydroxylation is 1. The summed E-state index contributed by atoms with van der Waals surface area (Å²) < 4.78 is 5.87. The molecule has 1 saturated heterocycles. The van der Waals surface area contributed by atoms with E-state index >= 15 is 0 Å². The summed E-state index contributed by atoms with van der Waals surface area (Å²) in [6.45, 7) is 4.03. The van der Waals surface area contributed by atoms with Gasteiger partial charge in [0.1, 0.15) is 18.5 Å². The molecule has 0 radical (unpaired) electrons. The molecule has 1 amide bonds. The largest absolute Gasteiger partial charge is 0.491 e. The zero-order chi connectivity index (χ0) is 15.0. The van der Waals surface area contributed by atoms with E-state index in [1.807, 2.05) is 25.1 Å². The van der Waals surface area contributed by atoms with Gasteiger partial charge in [-0.3, -0.25) is 9.69 Å². The van der Waals surface area contributed by atoms with Crippen molar-refractivity contribution in [2.45, 2.75) is 31.9 Å². The van der Waals surface area contributed by atoms with Crippen molar-refractivity contribution in [3.63, 3.8) is 0 Å². The Kier molecular flexibility index (Phi) is 3.87. The first-order chi connectivity index (χ1) is 10.1. The average molecular weight is 290 g/mol. The minimum absolute atomic E-state index is 0.0302. The van der Waals surface area contributed by atoms with Crippen molar-refractivity contribution in [1.82, 2.24) is 4.90 Å². The van der Waals surface area contributed by atoms with Gasteiger partial charge < -0.3 is 15.6 Å². The first kappa shape index (κ1) is 14.4. The molecule has 2 aliphatic heterocycles. The van der Waals surface area contributed by atoms with Crippen molar-refractivity contribution in [1.29, 1.82) is 0 Å². The number of hydrogen-bond acceptors (Lipinski definition) is 4. The molecule has 114 valence electrons. The minimum Gasteiger partial charge on any atom is -0.491 e. The number of fused-ring (bicyclic) bond motifs is 1. The summed E-state index contributed by atoms with van der Waals surface area (Å²) in [5, 5.41) is 10.7. The smallest absolute Gasteiger partial charge is 0.220 e. The van der Waals surface area contributed by atoms with Crippen LogP contribution in [-0.2, 0) is 4.79 Å². The number of nitrogens with zero attached hydrogens (tertiary/aromatic N) is 1. The highest BCUT2D eigenvalue weighted by Gasteiger charge is 2.36. The average Bonchev–Trinajstić information content (AvgIpc) is 2.49. The number of amides is 1. The molecule has 1 aromatic rings. The van der Waals surface area contributed by atoms with E-state index in [0.717, 1.165) is 42.8 Å². The number of primary amides is 1. The second kappa shape index (κ2) is 5.66. The van der Waals surface area contributed by atoms with Crippen LogP contribution in [0.3, 0.4) is 0 Å². The van der Waals surface area contributed by atoms with Crippen LogP contribution in [0.1, 0.15) is 30.1 Å². The van der Waals surface area contributed by atoms with Crippen LogP contribution in [0.25, 0.3) is 0 Å². The van der Waals surface area contributed by atoms with Gasteiger partial charge in [-0.15, -0.1) is 0 Å². The van der Waals surface area contributed by atoms with Crippen molar-refractivity contribution in [2.24, 2.45) is 11.7 Å². The zero-order valence-corrected chi connectivity index (χ0v) is 12.3. The van der Waals surface area contributed by atoms with Crippen molar-refractivity contribution in [3.05, 3.63) is 29.3 Å². The summed E-state index contributed by atoms with van der Waals surface area (Å²) in [6.07, 6.45) is 0.983. The van der Waals surface area contributed by atoms with E-state index in [2.05, 4.69) is 4.90 Å². The Labute approximate surface area is 124 Å². The van der Waals surface area contributed by atoms with Crippen LogP contribution in [0, 0.1) is 12.8 Å². The van der Waals surface area contributed by atoms with Crippen molar-refractivity contribution in [2.75, 3.05) is 19.7 Å². The number of carbonyl (C=O) groups is 1. The number of aliphatic hydroxyl groups is 1. The lowest BCUT2D eigenvalue weighted by atomic mass is 9.91. The van der Waals surface area contributed by atoms with Crippen LogP contribution in [-0.4, -0.2) is 41.7 Å². The second-order valence-electron chi connectivity index (χ2n) is 6.03. The number of likely N-dealkylation sites (tertiary alicyclic amines) is 1. The molecule has 0 spiro atoms. The fourth-order valence-electron chi connectivity index (χ4n) is 3.39. The highest BCUT2D eigenvalue weighted by Crippen LogP contribution is 2.37. The van der Waals surface area contributed by atoms with Crippen LogP contribution in [0.4, 0.5) is 0 Å². The van der Waals surface area contributed by atoms with E-state index in [9.17, 15) is 9.90 Å². The molecular formula is C16H22N2O3. The van der Waals surface area contributed by atoms with Gasteiger partial charge in [-0.05, 0) is 38.4 Å². The maximum absolute atomic E-state index is 11.2.